The van der Waals surface area contributed by atoms with Gasteiger partial charge >= 0.3 is 0 Å². The Hall–Kier alpha value is -5.28. The number of benzene rings is 2. The molecule has 0 N–H and O–H groups in total. The van der Waals surface area contributed by atoms with Gasteiger partial charge in [-0.15, -0.1) is 0 Å². The molecule has 2 aromatic carbocycles. The zero-order chi connectivity index (χ0) is 38.7. The third-order valence-electron chi connectivity index (χ3n) is 11.4. The van der Waals surface area contributed by atoms with Gasteiger partial charge in [0.1, 0.15) is 11.3 Å². The van der Waals surface area contributed by atoms with Crippen molar-refractivity contribution in [2.75, 3.05) is 13.2 Å². The van der Waals surface area contributed by atoms with E-state index in [4.69, 9.17) is 24.9 Å². The van der Waals surface area contributed by atoms with Crippen LogP contribution in [0.1, 0.15) is 81.8 Å². The summed E-state index contributed by atoms with van der Waals surface area (Å²) in [6.07, 6.45) is 8.44. The Labute approximate surface area is 324 Å². The van der Waals surface area contributed by atoms with Gasteiger partial charge in [-0.3, -0.25) is 0 Å². The molecule has 6 heterocycles. The second-order valence-corrected chi connectivity index (χ2v) is 15.9. The van der Waals surface area contributed by atoms with Crippen molar-refractivity contribution in [3.8, 4) is 22.3 Å². The molecule has 6 aromatic heterocycles. The van der Waals surface area contributed by atoms with Gasteiger partial charge in [-0.2, -0.15) is 19.2 Å². The Morgan fingerprint density at radius 1 is 0.473 bits per heavy atom. The van der Waals surface area contributed by atoms with E-state index < -0.39 is 0 Å². The quantitative estimate of drug-likeness (QED) is 0.117. The lowest BCUT2D eigenvalue weighted by atomic mass is 9.94. The first-order valence-electron chi connectivity index (χ1n) is 19.9. The van der Waals surface area contributed by atoms with Gasteiger partial charge in [-0.1, -0.05) is 35.4 Å². The fourth-order valence-corrected chi connectivity index (χ4v) is 9.10. The number of ether oxygens (including phenoxy) is 1. The number of unbranched alkanes of at least 4 members (excludes halogenated alkanes) is 2. The Kier molecular flexibility index (Phi) is 9.62. The van der Waals surface area contributed by atoms with Crippen molar-refractivity contribution < 1.29 is 4.74 Å². The minimum atomic E-state index is 0.761. The molecule has 9 heteroatoms. The molecule has 0 aliphatic rings. The van der Waals surface area contributed by atoms with Crippen LogP contribution < -0.4 is 0 Å². The number of rotatable bonds is 12. The highest BCUT2D eigenvalue weighted by atomic mass is 16.5. The van der Waals surface area contributed by atoms with E-state index in [1.165, 1.54) is 44.5 Å². The molecule has 0 amide bonds. The summed E-state index contributed by atoms with van der Waals surface area (Å²) in [6.45, 7) is 24.9. The SMILES string of the molecule is Cc1cc(C)c(-c2c(C)nn3c2nc(C)c2ccn(CCCCOCCCCn4ccc5c(C)nc6c(-c7c(C)cc(C)cc7C)c(C)nn6c54)c23)c(C)c1. The predicted octanol–water partition coefficient (Wildman–Crippen LogP) is 10.4. The summed E-state index contributed by atoms with van der Waals surface area (Å²) in [5.74, 6) is 0. The molecule has 8 rings (SSSR count). The number of hydrogen-bond donors (Lipinski definition) is 0. The monoisotopic (exact) mass is 734 g/mol. The summed E-state index contributed by atoms with van der Waals surface area (Å²) in [6, 6.07) is 13.4. The van der Waals surface area contributed by atoms with E-state index in [-0.39, 0.29) is 0 Å². The van der Waals surface area contributed by atoms with Gasteiger partial charge in [-0.25, -0.2) is 9.97 Å². The fourth-order valence-electron chi connectivity index (χ4n) is 9.10. The van der Waals surface area contributed by atoms with Crippen LogP contribution in [0.5, 0.6) is 0 Å². The van der Waals surface area contributed by atoms with Crippen LogP contribution in [-0.4, -0.2) is 51.5 Å². The summed E-state index contributed by atoms with van der Waals surface area (Å²) in [5.41, 5.74) is 20.6. The van der Waals surface area contributed by atoms with Crippen LogP contribution >= 0.6 is 0 Å². The molecule has 9 nitrogen and oxygen atoms in total. The maximum absolute atomic E-state index is 6.15. The Bertz CT molecular complexity index is 2520. The number of hydrogen-bond acceptors (Lipinski definition) is 5. The van der Waals surface area contributed by atoms with Gasteiger partial charge < -0.3 is 13.9 Å². The zero-order valence-electron chi connectivity index (χ0n) is 34.3. The molecule has 55 heavy (non-hydrogen) atoms. The normalized spacial score (nSPS) is 12.1. The van der Waals surface area contributed by atoms with Crippen LogP contribution in [0.25, 0.3) is 55.6 Å². The first-order valence-corrected chi connectivity index (χ1v) is 19.9. The van der Waals surface area contributed by atoms with Crippen LogP contribution in [0.3, 0.4) is 0 Å². The van der Waals surface area contributed by atoms with E-state index in [0.29, 0.717) is 0 Å². The maximum atomic E-state index is 6.15. The second kappa shape index (κ2) is 14.4. The van der Waals surface area contributed by atoms with Crippen molar-refractivity contribution in [1.82, 2.24) is 38.3 Å². The van der Waals surface area contributed by atoms with Crippen molar-refractivity contribution in [3.63, 3.8) is 0 Å². The molecule has 0 aliphatic carbocycles. The molecule has 0 atom stereocenters. The zero-order valence-corrected chi connectivity index (χ0v) is 34.3. The highest BCUT2D eigenvalue weighted by molar-refractivity contribution is 5.91. The van der Waals surface area contributed by atoms with E-state index >= 15 is 0 Å². The topological polar surface area (TPSA) is 79.5 Å². The minimum Gasteiger partial charge on any atom is -0.381 e. The Balaban J connectivity index is 0.894. The van der Waals surface area contributed by atoms with Gasteiger partial charge in [0.05, 0.1) is 33.9 Å². The van der Waals surface area contributed by atoms with Gasteiger partial charge in [0, 0.05) is 49.5 Å². The summed E-state index contributed by atoms with van der Waals surface area (Å²) in [5, 5.41) is 12.4. The van der Waals surface area contributed by atoms with E-state index in [1.807, 2.05) is 0 Å². The van der Waals surface area contributed by atoms with E-state index in [9.17, 15) is 0 Å². The van der Waals surface area contributed by atoms with Crippen LogP contribution in [0.15, 0.2) is 48.8 Å². The highest BCUT2D eigenvalue weighted by Crippen LogP contribution is 2.37. The molecule has 0 fully saturated rings. The van der Waals surface area contributed by atoms with E-state index in [1.54, 1.807) is 0 Å². The summed E-state index contributed by atoms with van der Waals surface area (Å²) in [7, 11) is 0. The number of aromatic nitrogens is 8. The van der Waals surface area contributed by atoms with E-state index in [0.717, 1.165) is 119 Å². The van der Waals surface area contributed by atoms with Crippen LogP contribution in [0.2, 0.25) is 0 Å². The number of fused-ring (bicyclic) bond motifs is 6. The van der Waals surface area contributed by atoms with Crippen LogP contribution in [-0.2, 0) is 17.8 Å². The molecule has 8 aromatic rings. The molecular formula is C46H54N8O. The second-order valence-electron chi connectivity index (χ2n) is 15.9. The maximum Gasteiger partial charge on any atom is 0.165 e. The van der Waals surface area contributed by atoms with E-state index in [2.05, 4.69) is 136 Å². The summed E-state index contributed by atoms with van der Waals surface area (Å²) in [4.78, 5) is 10.2. The van der Waals surface area contributed by atoms with Crippen molar-refractivity contribution in [2.45, 2.75) is 108 Å². The minimum absolute atomic E-state index is 0.761. The van der Waals surface area contributed by atoms with Gasteiger partial charge in [-0.05, 0) is 140 Å². The van der Waals surface area contributed by atoms with Crippen LogP contribution in [0, 0.1) is 69.2 Å². The summed E-state index contributed by atoms with van der Waals surface area (Å²) >= 11 is 0. The summed E-state index contributed by atoms with van der Waals surface area (Å²) < 4.78 is 15.0. The largest absolute Gasteiger partial charge is 0.381 e. The Morgan fingerprint density at radius 3 is 1.24 bits per heavy atom. The lowest BCUT2D eigenvalue weighted by Gasteiger charge is -2.12. The standard InChI is InChI=1S/C46H54N8O/c1-27-23-29(3)39(30(4)24-27)41-35(9)49-53-43(41)47-33(7)37-15-19-51(45(37)53)17-11-13-21-55-22-14-12-18-52-20-16-38-34(8)48-44-42(36(10)50-54(44)46(38)52)40-31(5)25-28(2)26-32(40)6/h15-16,19-20,23-26H,11-14,17-18,21-22H2,1-10H3. The molecule has 0 unspecified atom stereocenters. The lowest BCUT2D eigenvalue weighted by Crippen LogP contribution is -2.06. The molecule has 0 aliphatic heterocycles. The molecule has 0 bridgehead atoms. The highest BCUT2D eigenvalue weighted by Gasteiger charge is 2.23. The van der Waals surface area contributed by atoms with Crippen molar-refractivity contribution in [2.24, 2.45) is 0 Å². The first kappa shape index (κ1) is 36.7. The van der Waals surface area contributed by atoms with Gasteiger partial charge in [0.15, 0.2) is 11.3 Å². The van der Waals surface area contributed by atoms with Crippen molar-refractivity contribution >= 4 is 33.4 Å². The molecule has 0 saturated heterocycles. The predicted molar refractivity (Wildman–Crippen MR) is 224 cm³/mol. The molecule has 0 radical (unpaired) electrons. The van der Waals surface area contributed by atoms with Crippen molar-refractivity contribution in [3.05, 3.63) is 105 Å². The van der Waals surface area contributed by atoms with Crippen molar-refractivity contribution in [1.29, 1.82) is 0 Å². The lowest BCUT2D eigenvalue weighted by molar-refractivity contribution is 0.125. The number of aryl methyl sites for hydroxylation is 12. The smallest absolute Gasteiger partial charge is 0.165 e. The third-order valence-corrected chi connectivity index (χ3v) is 11.4. The van der Waals surface area contributed by atoms with Crippen LogP contribution in [0.4, 0.5) is 0 Å². The van der Waals surface area contributed by atoms with Gasteiger partial charge in [0.2, 0.25) is 0 Å². The molecular weight excluding hydrogens is 681 g/mol. The third kappa shape index (κ3) is 6.42. The fraction of sp³-hybridized carbons (Fsp3) is 0.391. The molecule has 284 valence electrons. The Morgan fingerprint density at radius 2 is 0.855 bits per heavy atom. The average molecular weight is 735 g/mol. The average Bonchev–Trinajstić information content (AvgIpc) is 3.88. The first-order chi connectivity index (χ1) is 26.4. The molecule has 0 saturated carbocycles. The van der Waals surface area contributed by atoms with Gasteiger partial charge in [0.25, 0.3) is 0 Å². The number of nitrogens with zero attached hydrogens (tertiary/aromatic N) is 8. The molecule has 0 spiro atoms.